The number of rotatable bonds is 5. The standard InChI is InChI=1S/C17H24N2O4S.ClH/c1-18(2)24(22,23)15-7-3-5-13(9-15)10-19-11-14-6-4-8-17(14,12-19)16(20)21;/h3,5,7,9,14H,4,6,8,10-12H2,1-2H3,(H,20,21);1H/t14-,17+;/m0./s1. The Labute approximate surface area is 155 Å². The van der Waals surface area contributed by atoms with Gasteiger partial charge in [0.05, 0.1) is 10.3 Å². The van der Waals surface area contributed by atoms with E-state index < -0.39 is 21.4 Å². The third-order valence-electron chi connectivity index (χ3n) is 5.45. The van der Waals surface area contributed by atoms with Gasteiger partial charge < -0.3 is 5.11 Å². The topological polar surface area (TPSA) is 77.9 Å². The van der Waals surface area contributed by atoms with Crippen LogP contribution in [0.25, 0.3) is 0 Å². The lowest BCUT2D eigenvalue weighted by Crippen LogP contribution is -2.35. The molecule has 2 aliphatic rings. The predicted molar refractivity (Wildman–Crippen MR) is 97.2 cm³/mol. The largest absolute Gasteiger partial charge is 0.481 e. The first-order chi connectivity index (χ1) is 11.3. The van der Waals surface area contributed by atoms with Crippen LogP contribution in [0.3, 0.4) is 0 Å². The van der Waals surface area contributed by atoms with E-state index in [-0.39, 0.29) is 23.2 Å². The molecule has 1 saturated heterocycles. The number of carboxylic acid groups (broad SMARTS) is 1. The molecule has 2 fully saturated rings. The quantitative estimate of drug-likeness (QED) is 0.835. The van der Waals surface area contributed by atoms with Gasteiger partial charge >= 0.3 is 5.97 Å². The lowest BCUT2D eigenvalue weighted by atomic mass is 9.81. The highest BCUT2D eigenvalue weighted by Gasteiger charge is 2.54. The molecule has 6 nitrogen and oxygen atoms in total. The van der Waals surface area contributed by atoms with Crippen LogP contribution in [-0.2, 0) is 21.4 Å². The minimum absolute atomic E-state index is 0. The molecule has 1 heterocycles. The number of likely N-dealkylation sites (tertiary alicyclic amines) is 1. The van der Waals surface area contributed by atoms with Gasteiger partial charge in [0.2, 0.25) is 10.0 Å². The first kappa shape index (κ1) is 20.2. The van der Waals surface area contributed by atoms with Gasteiger partial charge in [0.1, 0.15) is 0 Å². The molecule has 1 aliphatic heterocycles. The summed E-state index contributed by atoms with van der Waals surface area (Å²) in [5.74, 6) is -0.472. The van der Waals surface area contributed by atoms with E-state index in [9.17, 15) is 18.3 Å². The van der Waals surface area contributed by atoms with Gasteiger partial charge in [-0.2, -0.15) is 0 Å². The summed E-state index contributed by atoms with van der Waals surface area (Å²) in [5.41, 5.74) is 0.297. The zero-order valence-electron chi connectivity index (χ0n) is 14.5. The molecular weight excluding hydrogens is 364 g/mol. The molecule has 1 aromatic carbocycles. The molecule has 1 N–H and O–H groups in total. The molecule has 1 saturated carbocycles. The molecule has 140 valence electrons. The number of sulfonamides is 1. The Morgan fingerprint density at radius 2 is 2.12 bits per heavy atom. The van der Waals surface area contributed by atoms with Crippen LogP contribution in [0.5, 0.6) is 0 Å². The van der Waals surface area contributed by atoms with Crippen molar-refractivity contribution in [1.82, 2.24) is 9.21 Å². The number of aliphatic carboxylic acids is 1. The van der Waals surface area contributed by atoms with Gasteiger partial charge in [-0.15, -0.1) is 12.4 Å². The number of hydrogen-bond acceptors (Lipinski definition) is 4. The van der Waals surface area contributed by atoms with Crippen molar-refractivity contribution in [1.29, 1.82) is 0 Å². The Kier molecular flexibility index (Phi) is 5.83. The zero-order valence-corrected chi connectivity index (χ0v) is 16.1. The van der Waals surface area contributed by atoms with E-state index in [4.69, 9.17) is 0 Å². The monoisotopic (exact) mass is 388 g/mol. The summed E-state index contributed by atoms with van der Waals surface area (Å²) >= 11 is 0. The Bertz CT molecular complexity index is 753. The first-order valence-corrected chi connectivity index (χ1v) is 9.67. The maximum Gasteiger partial charge on any atom is 0.311 e. The van der Waals surface area contributed by atoms with Crippen molar-refractivity contribution < 1.29 is 18.3 Å². The van der Waals surface area contributed by atoms with Crippen molar-refractivity contribution >= 4 is 28.4 Å². The minimum atomic E-state index is -3.45. The van der Waals surface area contributed by atoms with Gasteiger partial charge in [0.15, 0.2) is 0 Å². The highest BCUT2D eigenvalue weighted by molar-refractivity contribution is 7.89. The SMILES string of the molecule is CN(C)S(=O)(=O)c1cccc(CN2C[C@@H]3CCC[C@@]3(C(=O)O)C2)c1.Cl. The Morgan fingerprint density at radius 1 is 1.40 bits per heavy atom. The summed E-state index contributed by atoms with van der Waals surface area (Å²) < 4.78 is 25.7. The lowest BCUT2D eigenvalue weighted by Gasteiger charge is -2.23. The molecule has 2 atom stereocenters. The van der Waals surface area contributed by atoms with Crippen molar-refractivity contribution in [2.24, 2.45) is 11.3 Å². The molecule has 0 aromatic heterocycles. The minimum Gasteiger partial charge on any atom is -0.481 e. The van der Waals surface area contributed by atoms with Gasteiger partial charge in [0.25, 0.3) is 0 Å². The van der Waals surface area contributed by atoms with Crippen LogP contribution in [0, 0.1) is 11.3 Å². The van der Waals surface area contributed by atoms with Crippen LogP contribution in [0.15, 0.2) is 29.2 Å². The fourth-order valence-corrected chi connectivity index (χ4v) is 5.11. The van der Waals surface area contributed by atoms with Gasteiger partial charge in [-0.1, -0.05) is 18.6 Å². The van der Waals surface area contributed by atoms with Crippen LogP contribution in [0.1, 0.15) is 24.8 Å². The first-order valence-electron chi connectivity index (χ1n) is 8.23. The molecule has 3 rings (SSSR count). The number of benzene rings is 1. The van der Waals surface area contributed by atoms with E-state index >= 15 is 0 Å². The lowest BCUT2D eigenvalue weighted by molar-refractivity contribution is -0.149. The van der Waals surface area contributed by atoms with Crippen LogP contribution >= 0.6 is 12.4 Å². The summed E-state index contributed by atoms with van der Waals surface area (Å²) in [6.45, 7) is 1.91. The van der Waals surface area contributed by atoms with Crippen molar-refractivity contribution in [3.63, 3.8) is 0 Å². The van der Waals surface area contributed by atoms with E-state index in [0.717, 1.165) is 31.4 Å². The van der Waals surface area contributed by atoms with E-state index in [0.29, 0.717) is 13.1 Å². The maximum atomic E-state index is 12.3. The highest BCUT2D eigenvalue weighted by Crippen LogP contribution is 2.49. The third-order valence-corrected chi connectivity index (χ3v) is 7.26. The Hall–Kier alpha value is -1.15. The van der Waals surface area contributed by atoms with Crippen LogP contribution in [0.2, 0.25) is 0 Å². The average molecular weight is 389 g/mol. The van der Waals surface area contributed by atoms with Crippen molar-refractivity contribution in [3.05, 3.63) is 29.8 Å². The van der Waals surface area contributed by atoms with Crippen LogP contribution in [-0.4, -0.2) is 55.9 Å². The molecule has 1 aromatic rings. The molecule has 0 unspecified atom stereocenters. The molecule has 8 heteroatoms. The van der Waals surface area contributed by atoms with Gasteiger partial charge in [-0.25, -0.2) is 12.7 Å². The summed E-state index contributed by atoms with van der Waals surface area (Å²) in [4.78, 5) is 14.2. The molecule has 0 spiro atoms. The summed E-state index contributed by atoms with van der Waals surface area (Å²) in [7, 11) is -0.425. The second-order valence-electron chi connectivity index (χ2n) is 7.15. The normalized spacial score (nSPS) is 26.4. The Balaban J connectivity index is 0.00000225. The maximum absolute atomic E-state index is 12.3. The fraction of sp³-hybridized carbons (Fsp3) is 0.588. The second-order valence-corrected chi connectivity index (χ2v) is 9.31. The number of fused-ring (bicyclic) bond motifs is 1. The molecule has 1 aliphatic carbocycles. The van der Waals surface area contributed by atoms with E-state index in [1.54, 1.807) is 18.2 Å². The van der Waals surface area contributed by atoms with Crippen molar-refractivity contribution in [2.45, 2.75) is 30.7 Å². The third kappa shape index (κ3) is 3.56. The summed E-state index contributed by atoms with van der Waals surface area (Å²) in [5, 5.41) is 9.66. The molecular formula is C17H25ClN2O4S. The fourth-order valence-electron chi connectivity index (χ4n) is 4.14. The smallest absolute Gasteiger partial charge is 0.311 e. The van der Waals surface area contributed by atoms with Crippen molar-refractivity contribution in [2.75, 3.05) is 27.2 Å². The van der Waals surface area contributed by atoms with Crippen LogP contribution in [0.4, 0.5) is 0 Å². The van der Waals surface area contributed by atoms with Crippen molar-refractivity contribution in [3.8, 4) is 0 Å². The average Bonchev–Trinajstić information content (AvgIpc) is 3.05. The van der Waals surface area contributed by atoms with Gasteiger partial charge in [-0.3, -0.25) is 9.69 Å². The summed E-state index contributed by atoms with van der Waals surface area (Å²) in [6.07, 6.45) is 2.71. The van der Waals surface area contributed by atoms with Crippen LogP contribution < -0.4 is 0 Å². The second kappa shape index (κ2) is 7.23. The molecule has 0 bridgehead atoms. The van der Waals surface area contributed by atoms with Gasteiger partial charge in [-0.05, 0) is 36.5 Å². The molecule has 0 radical (unpaired) electrons. The number of carboxylic acids is 1. The predicted octanol–water partition coefficient (Wildman–Crippen LogP) is 2.05. The highest BCUT2D eigenvalue weighted by atomic mass is 35.5. The van der Waals surface area contributed by atoms with E-state index in [1.165, 1.54) is 18.4 Å². The Morgan fingerprint density at radius 3 is 2.72 bits per heavy atom. The number of carbonyl (C=O) groups is 1. The number of nitrogens with zero attached hydrogens (tertiary/aromatic N) is 2. The number of halogens is 1. The molecule has 0 amide bonds. The number of hydrogen-bond donors (Lipinski definition) is 1. The van der Waals surface area contributed by atoms with Gasteiger partial charge in [0, 0.05) is 33.7 Å². The summed E-state index contributed by atoms with van der Waals surface area (Å²) in [6, 6.07) is 6.93. The zero-order chi connectivity index (χ0) is 17.5. The van der Waals surface area contributed by atoms with E-state index in [2.05, 4.69) is 4.90 Å². The molecule has 25 heavy (non-hydrogen) atoms. The van der Waals surface area contributed by atoms with E-state index in [1.807, 2.05) is 6.07 Å².